The highest BCUT2D eigenvalue weighted by molar-refractivity contribution is 6.14. The molecule has 2 heterocycles. The molecule has 10 nitrogen and oxygen atoms in total. The van der Waals surface area contributed by atoms with Gasteiger partial charge in [0.05, 0.1) is 5.69 Å². The van der Waals surface area contributed by atoms with Gasteiger partial charge in [0.25, 0.3) is 11.5 Å². The van der Waals surface area contributed by atoms with E-state index in [1.807, 2.05) is 0 Å². The summed E-state index contributed by atoms with van der Waals surface area (Å²) in [6.07, 6.45) is 6.01. The predicted molar refractivity (Wildman–Crippen MR) is 109 cm³/mol. The third-order valence-electron chi connectivity index (χ3n) is 4.33. The Morgan fingerprint density at radius 1 is 1.20 bits per heavy atom. The SMILES string of the molecule is CC(=O)N(C(=O)CCCN)c1ccc(-c2ncc(C(=O)n3ccnc3)c(=O)[nH]2)cc1. The summed E-state index contributed by atoms with van der Waals surface area (Å²) >= 11 is 0. The van der Waals surface area contributed by atoms with Gasteiger partial charge in [0.1, 0.15) is 17.7 Å². The maximum Gasteiger partial charge on any atom is 0.270 e. The molecule has 1 aromatic carbocycles. The van der Waals surface area contributed by atoms with Crippen LogP contribution in [0.1, 0.15) is 30.1 Å². The van der Waals surface area contributed by atoms with E-state index in [9.17, 15) is 19.2 Å². The largest absolute Gasteiger partial charge is 0.330 e. The number of aromatic amines is 1. The van der Waals surface area contributed by atoms with Crippen molar-refractivity contribution >= 4 is 23.4 Å². The topological polar surface area (TPSA) is 144 Å². The Labute approximate surface area is 171 Å². The fourth-order valence-corrected chi connectivity index (χ4v) is 2.85. The molecule has 10 heteroatoms. The lowest BCUT2D eigenvalue weighted by atomic mass is 10.1. The molecule has 0 unspecified atom stereocenters. The van der Waals surface area contributed by atoms with Gasteiger partial charge >= 0.3 is 0 Å². The van der Waals surface area contributed by atoms with Gasteiger partial charge in [-0.15, -0.1) is 0 Å². The molecule has 0 fully saturated rings. The van der Waals surface area contributed by atoms with E-state index in [2.05, 4.69) is 15.0 Å². The van der Waals surface area contributed by atoms with Crippen LogP contribution in [-0.2, 0) is 9.59 Å². The average Bonchev–Trinajstić information content (AvgIpc) is 3.27. The molecule has 2 amide bonds. The van der Waals surface area contributed by atoms with Crippen molar-refractivity contribution in [2.24, 2.45) is 5.73 Å². The first-order valence-electron chi connectivity index (χ1n) is 9.18. The van der Waals surface area contributed by atoms with Crippen LogP contribution in [0, 0.1) is 0 Å². The number of anilines is 1. The fraction of sp³-hybridized carbons (Fsp3) is 0.200. The van der Waals surface area contributed by atoms with Crippen LogP contribution in [0.3, 0.4) is 0 Å². The highest BCUT2D eigenvalue weighted by Crippen LogP contribution is 2.21. The van der Waals surface area contributed by atoms with Gasteiger partial charge in [-0.1, -0.05) is 0 Å². The Kier molecular flexibility index (Phi) is 6.28. The zero-order valence-corrected chi connectivity index (χ0v) is 16.2. The molecule has 0 spiro atoms. The standard InChI is InChI=1S/C20H20N6O4/c1-13(27)26(17(28)3-2-8-21)15-6-4-14(5-7-15)18-23-11-16(19(29)24-18)20(30)25-10-9-22-12-25/h4-7,9-12H,2-3,8,21H2,1H3,(H,23,24,29). The minimum absolute atomic E-state index is 0.123. The second kappa shape index (κ2) is 9.05. The van der Waals surface area contributed by atoms with Crippen molar-refractivity contribution in [1.29, 1.82) is 0 Å². The van der Waals surface area contributed by atoms with Gasteiger partial charge in [-0.3, -0.25) is 28.6 Å². The normalized spacial score (nSPS) is 10.6. The first-order valence-corrected chi connectivity index (χ1v) is 9.18. The number of amides is 2. The minimum Gasteiger partial charge on any atom is -0.330 e. The van der Waals surface area contributed by atoms with Gasteiger partial charge in [0, 0.05) is 37.5 Å². The average molecular weight is 408 g/mol. The maximum atomic E-state index is 12.3. The first-order chi connectivity index (χ1) is 14.4. The molecule has 0 bridgehead atoms. The molecule has 0 aliphatic rings. The zero-order chi connectivity index (χ0) is 21.7. The molecule has 3 N–H and O–H groups in total. The number of rotatable bonds is 6. The highest BCUT2D eigenvalue weighted by Gasteiger charge is 2.20. The number of benzene rings is 1. The summed E-state index contributed by atoms with van der Waals surface area (Å²) in [7, 11) is 0. The Morgan fingerprint density at radius 2 is 1.93 bits per heavy atom. The van der Waals surface area contributed by atoms with Crippen LogP contribution in [-0.4, -0.2) is 43.8 Å². The molecule has 3 rings (SSSR count). The molecule has 0 radical (unpaired) electrons. The van der Waals surface area contributed by atoms with Crippen LogP contribution < -0.4 is 16.2 Å². The number of aromatic nitrogens is 4. The Morgan fingerprint density at radius 3 is 2.50 bits per heavy atom. The summed E-state index contributed by atoms with van der Waals surface area (Å²) in [5.74, 6) is -1.04. The van der Waals surface area contributed by atoms with E-state index in [0.29, 0.717) is 24.2 Å². The van der Waals surface area contributed by atoms with Gasteiger partial charge in [-0.25, -0.2) is 9.97 Å². The van der Waals surface area contributed by atoms with Crippen LogP contribution in [0.4, 0.5) is 5.69 Å². The number of carbonyl (C=O) groups excluding carboxylic acids is 3. The summed E-state index contributed by atoms with van der Waals surface area (Å²) in [5.41, 5.74) is 5.67. The lowest BCUT2D eigenvalue weighted by molar-refractivity contribution is -0.125. The second-order valence-electron chi connectivity index (χ2n) is 6.44. The van der Waals surface area contributed by atoms with Gasteiger partial charge in [0.15, 0.2) is 0 Å². The van der Waals surface area contributed by atoms with Crippen molar-refractivity contribution in [2.45, 2.75) is 19.8 Å². The molecule has 0 aliphatic heterocycles. The molecule has 0 atom stereocenters. The summed E-state index contributed by atoms with van der Waals surface area (Å²) in [4.78, 5) is 60.4. The van der Waals surface area contributed by atoms with E-state index in [1.165, 1.54) is 36.4 Å². The van der Waals surface area contributed by atoms with E-state index in [0.717, 1.165) is 4.90 Å². The number of imidazole rings is 1. The third-order valence-corrected chi connectivity index (χ3v) is 4.33. The van der Waals surface area contributed by atoms with Crippen LogP contribution in [0.25, 0.3) is 11.4 Å². The Hall–Kier alpha value is -3.92. The molecule has 0 saturated carbocycles. The quantitative estimate of drug-likeness (QED) is 0.617. The van der Waals surface area contributed by atoms with Crippen LogP contribution >= 0.6 is 0 Å². The van der Waals surface area contributed by atoms with Gasteiger partial charge < -0.3 is 10.7 Å². The van der Waals surface area contributed by atoms with Crippen LogP contribution in [0.5, 0.6) is 0 Å². The second-order valence-corrected chi connectivity index (χ2v) is 6.44. The van der Waals surface area contributed by atoms with E-state index in [4.69, 9.17) is 5.73 Å². The van der Waals surface area contributed by atoms with Crippen molar-refractivity contribution in [3.63, 3.8) is 0 Å². The third kappa shape index (κ3) is 4.39. The van der Waals surface area contributed by atoms with Crippen LogP contribution in [0.15, 0.2) is 54.0 Å². The molecule has 2 aromatic heterocycles. The number of hydrogen-bond acceptors (Lipinski definition) is 7. The Balaban J connectivity index is 1.84. The number of imide groups is 1. The van der Waals surface area contributed by atoms with Crippen molar-refractivity contribution < 1.29 is 14.4 Å². The first kappa shape index (κ1) is 20.8. The van der Waals surface area contributed by atoms with E-state index in [1.54, 1.807) is 24.3 Å². The number of hydrogen-bond donors (Lipinski definition) is 2. The van der Waals surface area contributed by atoms with Gasteiger partial charge in [-0.2, -0.15) is 0 Å². The number of carbonyl (C=O) groups is 3. The van der Waals surface area contributed by atoms with E-state index >= 15 is 0 Å². The molecule has 0 aliphatic carbocycles. The highest BCUT2D eigenvalue weighted by atomic mass is 16.2. The smallest absolute Gasteiger partial charge is 0.270 e. The molecular weight excluding hydrogens is 388 g/mol. The fourth-order valence-electron chi connectivity index (χ4n) is 2.85. The van der Waals surface area contributed by atoms with Gasteiger partial charge in [-0.05, 0) is 37.2 Å². The predicted octanol–water partition coefficient (Wildman–Crippen LogP) is 0.940. The van der Waals surface area contributed by atoms with Crippen molar-refractivity contribution in [3.05, 3.63) is 65.1 Å². The monoisotopic (exact) mass is 408 g/mol. The molecule has 30 heavy (non-hydrogen) atoms. The summed E-state index contributed by atoms with van der Waals surface area (Å²) in [6.45, 7) is 1.66. The summed E-state index contributed by atoms with van der Waals surface area (Å²) in [6, 6.07) is 6.41. The number of H-pyrrole nitrogens is 1. The summed E-state index contributed by atoms with van der Waals surface area (Å²) < 4.78 is 1.18. The maximum absolute atomic E-state index is 12.3. The van der Waals surface area contributed by atoms with Crippen molar-refractivity contribution in [1.82, 2.24) is 19.5 Å². The molecule has 0 saturated heterocycles. The van der Waals surface area contributed by atoms with Crippen molar-refractivity contribution in [2.75, 3.05) is 11.4 Å². The Bertz CT molecular complexity index is 1120. The zero-order valence-electron chi connectivity index (χ0n) is 16.2. The number of nitrogens with one attached hydrogen (secondary N) is 1. The number of nitrogens with two attached hydrogens (primary N) is 1. The summed E-state index contributed by atoms with van der Waals surface area (Å²) in [5, 5.41) is 0. The van der Waals surface area contributed by atoms with E-state index < -0.39 is 17.4 Å². The number of nitrogens with zero attached hydrogens (tertiary/aromatic N) is 4. The molecule has 3 aromatic rings. The lowest BCUT2D eigenvalue weighted by Gasteiger charge is -2.19. The van der Waals surface area contributed by atoms with Gasteiger partial charge in [0.2, 0.25) is 11.8 Å². The molecule has 154 valence electrons. The lowest BCUT2D eigenvalue weighted by Crippen LogP contribution is -2.35. The minimum atomic E-state index is -0.592. The van der Waals surface area contributed by atoms with E-state index in [-0.39, 0.29) is 23.7 Å². The van der Waals surface area contributed by atoms with Crippen molar-refractivity contribution in [3.8, 4) is 11.4 Å². The van der Waals surface area contributed by atoms with Crippen LogP contribution in [0.2, 0.25) is 0 Å². The molecular formula is C20H20N6O4.